The number of nitro benzene ring substituents is 1. The van der Waals surface area contributed by atoms with E-state index in [1.54, 1.807) is 7.11 Å². The lowest BCUT2D eigenvalue weighted by molar-refractivity contribution is -0.384. The summed E-state index contributed by atoms with van der Waals surface area (Å²) in [5, 5.41) is 25.7. The molecule has 2 aromatic rings. The van der Waals surface area contributed by atoms with Crippen molar-refractivity contribution in [1.29, 1.82) is 5.26 Å². The van der Waals surface area contributed by atoms with Crippen LogP contribution in [0.15, 0.2) is 54.2 Å². The lowest BCUT2D eigenvalue weighted by Crippen LogP contribution is -2.19. The maximum atomic E-state index is 12.4. The van der Waals surface area contributed by atoms with E-state index in [1.807, 2.05) is 37.3 Å². The molecule has 2 N–H and O–H groups in total. The zero-order chi connectivity index (χ0) is 21.4. The number of nitrogens with one attached hydrogen (secondary N) is 2. The SMILES string of the molecule is COc1ccc(C(C)N/C=C(/C#N)C(=O)Nc2ccc([N+](=O)[O-])cc2OC)cc1. The maximum Gasteiger partial charge on any atom is 0.273 e. The van der Waals surface area contributed by atoms with Crippen LogP contribution in [0.1, 0.15) is 18.5 Å². The fraction of sp³-hybridized carbons (Fsp3) is 0.200. The lowest BCUT2D eigenvalue weighted by atomic mass is 10.1. The van der Waals surface area contributed by atoms with E-state index in [4.69, 9.17) is 9.47 Å². The summed E-state index contributed by atoms with van der Waals surface area (Å²) in [6.45, 7) is 1.88. The molecule has 0 heterocycles. The maximum absolute atomic E-state index is 12.4. The fourth-order valence-corrected chi connectivity index (χ4v) is 2.43. The first kappa shape index (κ1) is 21.2. The average molecular weight is 396 g/mol. The molecule has 2 rings (SSSR count). The van der Waals surface area contributed by atoms with Gasteiger partial charge in [-0.3, -0.25) is 14.9 Å². The molecule has 0 aliphatic carbocycles. The molecule has 0 saturated carbocycles. The van der Waals surface area contributed by atoms with Gasteiger partial charge < -0.3 is 20.1 Å². The fourth-order valence-electron chi connectivity index (χ4n) is 2.43. The van der Waals surface area contributed by atoms with Gasteiger partial charge in [-0.15, -0.1) is 0 Å². The van der Waals surface area contributed by atoms with Crippen molar-refractivity contribution in [2.75, 3.05) is 19.5 Å². The number of hydrogen-bond acceptors (Lipinski definition) is 7. The minimum Gasteiger partial charge on any atom is -0.497 e. The molecule has 9 heteroatoms. The first-order valence-electron chi connectivity index (χ1n) is 8.53. The third-order valence-electron chi connectivity index (χ3n) is 4.10. The number of nitriles is 1. The van der Waals surface area contributed by atoms with Gasteiger partial charge in [-0.1, -0.05) is 12.1 Å². The first-order chi connectivity index (χ1) is 13.9. The first-order valence-corrected chi connectivity index (χ1v) is 8.53. The summed E-state index contributed by atoms with van der Waals surface area (Å²) in [6, 6.07) is 12.8. The summed E-state index contributed by atoms with van der Waals surface area (Å²) in [5.41, 5.74) is 0.820. The van der Waals surface area contributed by atoms with Crippen LogP contribution in [-0.4, -0.2) is 25.1 Å². The van der Waals surface area contributed by atoms with Crippen LogP contribution in [0.3, 0.4) is 0 Å². The standard InChI is InChI=1S/C20H20N4O5/c1-13(14-4-7-17(28-2)8-5-14)22-12-15(11-21)20(25)23-18-9-6-16(24(26)27)10-19(18)29-3/h4-10,12-13,22H,1-3H3,(H,23,25)/b15-12-. The van der Waals surface area contributed by atoms with Gasteiger partial charge in [-0.05, 0) is 30.7 Å². The van der Waals surface area contributed by atoms with E-state index >= 15 is 0 Å². The second-order valence-electron chi connectivity index (χ2n) is 5.93. The molecule has 0 bridgehead atoms. The Morgan fingerprint density at radius 1 is 1.21 bits per heavy atom. The molecule has 1 atom stereocenters. The van der Waals surface area contributed by atoms with E-state index in [2.05, 4.69) is 10.6 Å². The third-order valence-corrected chi connectivity index (χ3v) is 4.10. The molecule has 0 fully saturated rings. The average Bonchev–Trinajstić information content (AvgIpc) is 2.74. The van der Waals surface area contributed by atoms with Gasteiger partial charge in [0.25, 0.3) is 11.6 Å². The highest BCUT2D eigenvalue weighted by atomic mass is 16.6. The quantitative estimate of drug-likeness (QED) is 0.303. The minimum atomic E-state index is -0.672. The number of benzene rings is 2. The Balaban J connectivity index is 2.11. The van der Waals surface area contributed by atoms with Crippen LogP contribution in [0.4, 0.5) is 11.4 Å². The summed E-state index contributed by atoms with van der Waals surface area (Å²) < 4.78 is 10.2. The van der Waals surface area contributed by atoms with Crippen LogP contribution >= 0.6 is 0 Å². The summed E-state index contributed by atoms with van der Waals surface area (Å²) in [6.07, 6.45) is 1.32. The molecule has 1 unspecified atom stereocenters. The van der Waals surface area contributed by atoms with Crippen molar-refractivity contribution in [3.05, 3.63) is 69.9 Å². The van der Waals surface area contributed by atoms with Gasteiger partial charge in [0.2, 0.25) is 0 Å². The smallest absolute Gasteiger partial charge is 0.273 e. The molecule has 0 aliphatic rings. The van der Waals surface area contributed by atoms with Crippen molar-refractivity contribution in [2.45, 2.75) is 13.0 Å². The number of rotatable bonds is 8. The number of amides is 1. The van der Waals surface area contributed by atoms with Gasteiger partial charge in [-0.25, -0.2) is 0 Å². The zero-order valence-corrected chi connectivity index (χ0v) is 16.1. The lowest BCUT2D eigenvalue weighted by Gasteiger charge is -2.14. The molecule has 0 aliphatic heterocycles. The van der Waals surface area contributed by atoms with Crippen molar-refractivity contribution < 1.29 is 19.2 Å². The Morgan fingerprint density at radius 3 is 2.45 bits per heavy atom. The Labute approximate surface area is 167 Å². The molecule has 9 nitrogen and oxygen atoms in total. The van der Waals surface area contributed by atoms with Gasteiger partial charge in [0.1, 0.15) is 23.1 Å². The van der Waals surface area contributed by atoms with Gasteiger partial charge in [0.15, 0.2) is 0 Å². The number of carbonyl (C=O) groups is 1. The van der Waals surface area contributed by atoms with Crippen LogP contribution in [-0.2, 0) is 4.79 Å². The Hall–Kier alpha value is -4.06. The van der Waals surface area contributed by atoms with Crippen molar-refractivity contribution in [3.8, 4) is 17.6 Å². The second-order valence-corrected chi connectivity index (χ2v) is 5.93. The highest BCUT2D eigenvalue weighted by Gasteiger charge is 2.16. The molecule has 0 saturated heterocycles. The van der Waals surface area contributed by atoms with Crippen LogP contribution in [0.5, 0.6) is 11.5 Å². The number of non-ortho nitro benzene ring substituents is 1. The van der Waals surface area contributed by atoms with Gasteiger partial charge >= 0.3 is 0 Å². The Kier molecular flexibility index (Phi) is 7.14. The summed E-state index contributed by atoms with van der Waals surface area (Å²) in [4.78, 5) is 22.7. The van der Waals surface area contributed by atoms with E-state index in [0.29, 0.717) is 0 Å². The van der Waals surface area contributed by atoms with E-state index in [9.17, 15) is 20.2 Å². The highest BCUT2D eigenvalue weighted by molar-refractivity contribution is 6.07. The van der Waals surface area contributed by atoms with E-state index in [-0.39, 0.29) is 28.7 Å². The van der Waals surface area contributed by atoms with Crippen LogP contribution in [0.2, 0.25) is 0 Å². The molecule has 0 spiro atoms. The van der Waals surface area contributed by atoms with E-state index in [0.717, 1.165) is 11.3 Å². The molecule has 1 amide bonds. The molecule has 150 valence electrons. The molecular formula is C20H20N4O5. The molecule has 29 heavy (non-hydrogen) atoms. The minimum absolute atomic E-state index is 0.115. The van der Waals surface area contributed by atoms with Crippen LogP contribution < -0.4 is 20.1 Å². The highest BCUT2D eigenvalue weighted by Crippen LogP contribution is 2.29. The van der Waals surface area contributed by atoms with Gasteiger partial charge in [-0.2, -0.15) is 5.26 Å². The Morgan fingerprint density at radius 2 is 1.90 bits per heavy atom. The van der Waals surface area contributed by atoms with E-state index < -0.39 is 10.8 Å². The third kappa shape index (κ3) is 5.46. The molecule has 0 aromatic heterocycles. The number of anilines is 1. The van der Waals surface area contributed by atoms with Crippen LogP contribution in [0, 0.1) is 21.4 Å². The van der Waals surface area contributed by atoms with Crippen molar-refractivity contribution >= 4 is 17.3 Å². The zero-order valence-electron chi connectivity index (χ0n) is 16.1. The van der Waals surface area contributed by atoms with Crippen molar-refractivity contribution in [3.63, 3.8) is 0 Å². The summed E-state index contributed by atoms with van der Waals surface area (Å²) in [7, 11) is 2.91. The van der Waals surface area contributed by atoms with Crippen molar-refractivity contribution in [1.82, 2.24) is 5.32 Å². The largest absolute Gasteiger partial charge is 0.497 e. The Bertz CT molecular complexity index is 964. The number of methoxy groups -OCH3 is 2. The van der Waals surface area contributed by atoms with E-state index in [1.165, 1.54) is 31.5 Å². The molecular weight excluding hydrogens is 376 g/mol. The van der Waals surface area contributed by atoms with Crippen LogP contribution in [0.25, 0.3) is 0 Å². The summed E-state index contributed by atoms with van der Waals surface area (Å²) in [5.74, 6) is 0.170. The number of ether oxygens (including phenoxy) is 2. The topological polar surface area (TPSA) is 127 Å². The van der Waals surface area contributed by atoms with Gasteiger partial charge in [0, 0.05) is 18.3 Å². The number of nitrogens with zero attached hydrogens (tertiary/aromatic N) is 2. The molecule has 2 aromatic carbocycles. The van der Waals surface area contributed by atoms with Gasteiger partial charge in [0.05, 0.1) is 30.9 Å². The normalized spacial score (nSPS) is 11.7. The predicted molar refractivity (Wildman–Crippen MR) is 107 cm³/mol. The predicted octanol–water partition coefficient (Wildman–Crippen LogP) is 3.31. The number of hydrogen-bond donors (Lipinski definition) is 2. The molecule has 0 radical (unpaired) electrons. The summed E-state index contributed by atoms with van der Waals surface area (Å²) >= 11 is 0. The number of carbonyl (C=O) groups excluding carboxylic acids is 1. The van der Waals surface area contributed by atoms with Crippen molar-refractivity contribution in [2.24, 2.45) is 0 Å². The second kappa shape index (κ2) is 9.75. The number of nitro groups is 1. The monoisotopic (exact) mass is 396 g/mol.